The van der Waals surface area contributed by atoms with Crippen LogP contribution in [0.15, 0.2) is 0 Å². The zero-order chi connectivity index (χ0) is 7.11. The van der Waals surface area contributed by atoms with E-state index in [-0.39, 0.29) is 0 Å². The second-order valence-electron chi connectivity index (χ2n) is 1.77. The molecule has 0 aliphatic carbocycles. The highest BCUT2D eigenvalue weighted by molar-refractivity contribution is 4.52. The molecule has 0 aromatic carbocycles. The first-order valence-corrected chi connectivity index (χ1v) is 3.40. The van der Waals surface area contributed by atoms with Crippen LogP contribution in [0.25, 0.3) is 0 Å². The zero-order valence-corrected chi connectivity index (χ0v) is 6.44. The standard InChI is InChI=1S/C7H15O2/c1-4-6-9-7(3)8-5-2/h4-6H2,1-3H3. The Morgan fingerprint density at radius 3 is 2.33 bits per heavy atom. The summed E-state index contributed by atoms with van der Waals surface area (Å²) in [5.74, 6) is 0. The van der Waals surface area contributed by atoms with Crippen LogP contribution in [0.5, 0.6) is 0 Å². The van der Waals surface area contributed by atoms with Crippen LogP contribution in [0.2, 0.25) is 0 Å². The lowest BCUT2D eigenvalue weighted by Crippen LogP contribution is -2.04. The fourth-order valence-electron chi connectivity index (χ4n) is 0.491. The van der Waals surface area contributed by atoms with Gasteiger partial charge in [-0.25, -0.2) is 0 Å². The third-order valence-corrected chi connectivity index (χ3v) is 0.857. The fourth-order valence-corrected chi connectivity index (χ4v) is 0.491. The Kier molecular flexibility index (Phi) is 5.99. The monoisotopic (exact) mass is 131 g/mol. The summed E-state index contributed by atoms with van der Waals surface area (Å²) in [7, 11) is 0. The van der Waals surface area contributed by atoms with Crippen molar-refractivity contribution in [2.45, 2.75) is 27.2 Å². The summed E-state index contributed by atoms with van der Waals surface area (Å²) in [5.41, 5.74) is 0. The molecule has 0 saturated heterocycles. The Labute approximate surface area is 57.2 Å². The molecular formula is C7H15O2. The van der Waals surface area contributed by atoms with E-state index in [0.717, 1.165) is 13.0 Å². The normalized spacial score (nSPS) is 10.7. The van der Waals surface area contributed by atoms with Crippen molar-refractivity contribution in [1.29, 1.82) is 0 Å². The first-order valence-electron chi connectivity index (χ1n) is 3.40. The molecule has 1 radical (unpaired) electrons. The van der Waals surface area contributed by atoms with Gasteiger partial charge >= 0.3 is 0 Å². The van der Waals surface area contributed by atoms with Gasteiger partial charge in [0.2, 0.25) is 6.29 Å². The Morgan fingerprint density at radius 2 is 1.89 bits per heavy atom. The Morgan fingerprint density at radius 1 is 1.22 bits per heavy atom. The van der Waals surface area contributed by atoms with Crippen molar-refractivity contribution in [1.82, 2.24) is 0 Å². The fraction of sp³-hybridized carbons (Fsp3) is 0.857. The lowest BCUT2D eigenvalue weighted by Gasteiger charge is -2.08. The van der Waals surface area contributed by atoms with E-state index in [4.69, 9.17) is 9.47 Å². The lowest BCUT2D eigenvalue weighted by atomic mass is 10.5. The molecule has 0 saturated carbocycles. The highest BCUT2D eigenvalue weighted by Gasteiger charge is 1.99. The van der Waals surface area contributed by atoms with Gasteiger partial charge in [-0.3, -0.25) is 0 Å². The minimum absolute atomic E-state index is 0.680. The van der Waals surface area contributed by atoms with Gasteiger partial charge in [0, 0.05) is 13.2 Å². The third kappa shape index (κ3) is 5.80. The van der Waals surface area contributed by atoms with E-state index in [1.54, 1.807) is 0 Å². The SMILES string of the molecule is CCCO[C](C)OCC. The molecule has 0 atom stereocenters. The molecule has 0 rings (SSSR count). The molecule has 0 spiro atoms. The van der Waals surface area contributed by atoms with Gasteiger partial charge in [0.05, 0.1) is 0 Å². The highest BCUT2D eigenvalue weighted by Crippen LogP contribution is 2.01. The average molecular weight is 131 g/mol. The van der Waals surface area contributed by atoms with E-state index in [0.29, 0.717) is 12.9 Å². The van der Waals surface area contributed by atoms with Crippen molar-refractivity contribution in [2.24, 2.45) is 0 Å². The molecule has 0 bridgehead atoms. The van der Waals surface area contributed by atoms with Crippen LogP contribution >= 0.6 is 0 Å². The van der Waals surface area contributed by atoms with Crippen LogP contribution in [0.1, 0.15) is 27.2 Å². The van der Waals surface area contributed by atoms with Crippen LogP contribution in [0.3, 0.4) is 0 Å². The maximum atomic E-state index is 5.13. The molecule has 0 N–H and O–H groups in total. The maximum absolute atomic E-state index is 5.13. The Balaban J connectivity index is 2.95. The van der Waals surface area contributed by atoms with Crippen LogP contribution < -0.4 is 0 Å². The topological polar surface area (TPSA) is 18.5 Å². The summed E-state index contributed by atoms with van der Waals surface area (Å²) < 4.78 is 10.2. The second kappa shape index (κ2) is 6.05. The van der Waals surface area contributed by atoms with Crippen molar-refractivity contribution in [3.05, 3.63) is 6.29 Å². The summed E-state index contributed by atoms with van der Waals surface area (Å²) in [6.07, 6.45) is 1.71. The van der Waals surface area contributed by atoms with Gasteiger partial charge < -0.3 is 9.47 Å². The largest absolute Gasteiger partial charge is 0.346 e. The van der Waals surface area contributed by atoms with Gasteiger partial charge in [0.15, 0.2) is 0 Å². The molecule has 2 nitrogen and oxygen atoms in total. The summed E-state index contributed by atoms with van der Waals surface area (Å²) in [6.45, 7) is 7.29. The minimum Gasteiger partial charge on any atom is -0.346 e. The molecule has 0 aromatic rings. The van der Waals surface area contributed by atoms with Gasteiger partial charge in [-0.15, -0.1) is 0 Å². The van der Waals surface area contributed by atoms with Gasteiger partial charge in [0.1, 0.15) is 0 Å². The molecule has 0 fully saturated rings. The quantitative estimate of drug-likeness (QED) is 0.567. The number of hydrogen-bond acceptors (Lipinski definition) is 2. The molecule has 0 heterocycles. The summed E-state index contributed by atoms with van der Waals surface area (Å²) in [5, 5.41) is 0. The second-order valence-corrected chi connectivity index (χ2v) is 1.77. The molecule has 0 aliphatic rings. The van der Waals surface area contributed by atoms with E-state index in [9.17, 15) is 0 Å². The van der Waals surface area contributed by atoms with Crippen molar-refractivity contribution < 1.29 is 9.47 Å². The Hall–Kier alpha value is -0.0800. The van der Waals surface area contributed by atoms with Gasteiger partial charge in [-0.2, -0.15) is 0 Å². The predicted molar refractivity (Wildman–Crippen MR) is 36.8 cm³/mol. The molecule has 55 valence electrons. The first kappa shape index (κ1) is 8.92. The molecule has 0 aliphatic heterocycles. The van der Waals surface area contributed by atoms with E-state index >= 15 is 0 Å². The van der Waals surface area contributed by atoms with Crippen LogP contribution in [0.4, 0.5) is 0 Å². The van der Waals surface area contributed by atoms with Crippen LogP contribution in [0, 0.1) is 6.29 Å². The molecular weight excluding hydrogens is 116 g/mol. The van der Waals surface area contributed by atoms with E-state index in [2.05, 4.69) is 6.92 Å². The van der Waals surface area contributed by atoms with Crippen molar-refractivity contribution in [3.8, 4) is 0 Å². The van der Waals surface area contributed by atoms with Crippen molar-refractivity contribution in [2.75, 3.05) is 13.2 Å². The number of rotatable bonds is 5. The van der Waals surface area contributed by atoms with Crippen molar-refractivity contribution >= 4 is 0 Å². The predicted octanol–water partition coefficient (Wildman–Crippen LogP) is 1.96. The number of ether oxygens (including phenoxy) is 2. The van der Waals surface area contributed by atoms with Crippen molar-refractivity contribution in [3.63, 3.8) is 0 Å². The zero-order valence-electron chi connectivity index (χ0n) is 6.44. The summed E-state index contributed by atoms with van der Waals surface area (Å²) in [6, 6.07) is 0. The molecule has 2 heteroatoms. The van der Waals surface area contributed by atoms with Gasteiger partial charge in [-0.05, 0) is 20.3 Å². The summed E-state index contributed by atoms with van der Waals surface area (Å²) >= 11 is 0. The lowest BCUT2D eigenvalue weighted by molar-refractivity contribution is -0.0324. The smallest absolute Gasteiger partial charge is 0.220 e. The number of hydrogen-bond donors (Lipinski definition) is 0. The van der Waals surface area contributed by atoms with Gasteiger partial charge in [-0.1, -0.05) is 6.92 Å². The van der Waals surface area contributed by atoms with Gasteiger partial charge in [0.25, 0.3) is 0 Å². The maximum Gasteiger partial charge on any atom is 0.220 e. The minimum atomic E-state index is 0.680. The molecule has 0 amide bonds. The van der Waals surface area contributed by atoms with E-state index in [1.807, 2.05) is 13.8 Å². The van der Waals surface area contributed by atoms with Crippen LogP contribution in [-0.4, -0.2) is 13.2 Å². The third-order valence-electron chi connectivity index (χ3n) is 0.857. The average Bonchev–Trinajstić information content (AvgIpc) is 1.85. The molecule has 9 heavy (non-hydrogen) atoms. The Bertz CT molecular complexity index is 54.9. The van der Waals surface area contributed by atoms with E-state index < -0.39 is 0 Å². The highest BCUT2D eigenvalue weighted by atomic mass is 16.7. The summed E-state index contributed by atoms with van der Waals surface area (Å²) in [4.78, 5) is 0. The van der Waals surface area contributed by atoms with E-state index in [1.165, 1.54) is 0 Å². The molecule has 0 aromatic heterocycles. The molecule has 0 unspecified atom stereocenters. The van der Waals surface area contributed by atoms with Crippen LogP contribution in [-0.2, 0) is 9.47 Å². The first-order chi connectivity index (χ1) is 4.31.